The van der Waals surface area contributed by atoms with Gasteiger partial charge in [-0.15, -0.1) is 0 Å². The van der Waals surface area contributed by atoms with Crippen molar-refractivity contribution in [1.29, 1.82) is 0 Å². The fourth-order valence-corrected chi connectivity index (χ4v) is 7.58. The molecule has 1 heterocycles. The topological polar surface area (TPSA) is 38.7 Å². The van der Waals surface area contributed by atoms with E-state index in [-0.39, 0.29) is 0 Å². The summed E-state index contributed by atoms with van der Waals surface area (Å²) < 4.78 is 0. The highest BCUT2D eigenvalue weighted by atomic mass is 15.0. The molecule has 9 rings (SSSR count). The first-order valence-corrected chi connectivity index (χ1v) is 17.9. The van der Waals surface area contributed by atoms with Gasteiger partial charge in [0.2, 0.25) is 0 Å². The van der Waals surface area contributed by atoms with Crippen LogP contribution in [0.15, 0.2) is 158 Å². The Morgan fingerprint density at radius 2 is 1.10 bits per heavy atom. The number of allylic oxidation sites excluding steroid dienone is 5. The molecule has 7 aromatic rings. The van der Waals surface area contributed by atoms with E-state index in [1.54, 1.807) is 0 Å². The number of rotatable bonds is 6. The monoisotopic (exact) mass is 655 g/mol. The Hall–Kier alpha value is -6.19. The van der Waals surface area contributed by atoms with Crippen LogP contribution in [0.1, 0.15) is 49.1 Å². The van der Waals surface area contributed by atoms with Crippen molar-refractivity contribution >= 4 is 22.4 Å². The van der Waals surface area contributed by atoms with Crippen LogP contribution >= 0.6 is 0 Å². The fourth-order valence-electron chi connectivity index (χ4n) is 7.58. The summed E-state index contributed by atoms with van der Waals surface area (Å²) in [4.78, 5) is 15.4. The maximum absolute atomic E-state index is 5.18. The molecule has 3 nitrogen and oxygen atoms in total. The van der Waals surface area contributed by atoms with E-state index in [0.717, 1.165) is 58.5 Å². The molecule has 0 aliphatic heterocycles. The van der Waals surface area contributed by atoms with E-state index in [9.17, 15) is 0 Å². The first-order valence-electron chi connectivity index (χ1n) is 17.9. The molecular formula is C48H37N3. The highest BCUT2D eigenvalue weighted by Gasteiger charge is 2.21. The van der Waals surface area contributed by atoms with Crippen molar-refractivity contribution in [3.05, 3.63) is 175 Å². The number of fused-ring (bicyclic) bond motifs is 3. The summed E-state index contributed by atoms with van der Waals surface area (Å²) in [6.07, 6.45) is 14.0. The number of aromatic nitrogens is 3. The summed E-state index contributed by atoms with van der Waals surface area (Å²) in [5.74, 6) is 2.57. The predicted molar refractivity (Wildman–Crippen MR) is 213 cm³/mol. The third-order valence-corrected chi connectivity index (χ3v) is 10.2. The zero-order chi connectivity index (χ0) is 34.1. The smallest absolute Gasteiger partial charge is 0.164 e. The molecule has 244 valence electrons. The largest absolute Gasteiger partial charge is 0.209 e. The van der Waals surface area contributed by atoms with E-state index in [0.29, 0.717) is 17.6 Å². The molecule has 1 atom stereocenters. The van der Waals surface area contributed by atoms with Crippen molar-refractivity contribution in [2.75, 3.05) is 0 Å². The van der Waals surface area contributed by atoms with Gasteiger partial charge in [-0.25, -0.2) is 15.0 Å². The average Bonchev–Trinajstić information content (AvgIpc) is 3.21. The van der Waals surface area contributed by atoms with Crippen molar-refractivity contribution in [3.8, 4) is 56.2 Å². The lowest BCUT2D eigenvalue weighted by atomic mass is 9.81. The average molecular weight is 656 g/mol. The van der Waals surface area contributed by atoms with Crippen molar-refractivity contribution in [3.63, 3.8) is 0 Å². The molecule has 2 aliphatic carbocycles. The Kier molecular flexibility index (Phi) is 8.02. The highest BCUT2D eigenvalue weighted by Crippen LogP contribution is 2.42. The number of benzene rings is 6. The molecule has 1 aromatic heterocycles. The minimum Gasteiger partial charge on any atom is -0.209 e. The lowest BCUT2D eigenvalue weighted by Gasteiger charge is -2.23. The molecule has 0 radical (unpaired) electrons. The molecular weight excluding hydrogens is 619 g/mol. The molecule has 6 aromatic carbocycles. The normalized spacial score (nSPS) is 15.1. The zero-order valence-corrected chi connectivity index (χ0v) is 28.6. The van der Waals surface area contributed by atoms with Gasteiger partial charge in [-0.1, -0.05) is 146 Å². The molecule has 0 saturated carbocycles. The quantitative estimate of drug-likeness (QED) is 0.179. The second-order valence-electron chi connectivity index (χ2n) is 13.6. The Balaban J connectivity index is 1.27. The Morgan fingerprint density at radius 3 is 1.82 bits per heavy atom. The fraction of sp³-hybridized carbons (Fsp3) is 0.104. The van der Waals surface area contributed by atoms with Gasteiger partial charge in [0.1, 0.15) is 0 Å². The summed E-state index contributed by atoms with van der Waals surface area (Å²) in [5.41, 5.74) is 12.8. The van der Waals surface area contributed by atoms with Crippen molar-refractivity contribution in [1.82, 2.24) is 15.0 Å². The summed E-state index contributed by atoms with van der Waals surface area (Å²) in [6, 6.07) is 47.8. The third-order valence-electron chi connectivity index (χ3n) is 10.2. The van der Waals surface area contributed by atoms with Crippen LogP contribution in [0.3, 0.4) is 0 Å². The van der Waals surface area contributed by atoms with Gasteiger partial charge in [0.25, 0.3) is 0 Å². The molecule has 2 aliphatic rings. The first kappa shape index (κ1) is 30.8. The second-order valence-corrected chi connectivity index (χ2v) is 13.6. The Labute approximate surface area is 299 Å². The molecule has 0 bridgehead atoms. The van der Waals surface area contributed by atoms with E-state index < -0.39 is 0 Å². The van der Waals surface area contributed by atoms with Crippen LogP contribution in [0.4, 0.5) is 0 Å². The Morgan fingerprint density at radius 1 is 0.510 bits per heavy atom. The lowest BCUT2D eigenvalue weighted by Crippen LogP contribution is -2.04. The van der Waals surface area contributed by atoms with E-state index in [1.165, 1.54) is 38.6 Å². The van der Waals surface area contributed by atoms with Crippen molar-refractivity contribution < 1.29 is 0 Å². The lowest BCUT2D eigenvalue weighted by molar-refractivity contribution is 0.779. The van der Waals surface area contributed by atoms with Crippen molar-refractivity contribution in [2.24, 2.45) is 0 Å². The number of hydrogen-bond donors (Lipinski definition) is 0. The van der Waals surface area contributed by atoms with Gasteiger partial charge >= 0.3 is 0 Å². The predicted octanol–water partition coefficient (Wildman–Crippen LogP) is 12.6. The molecule has 0 fully saturated rings. The standard InChI is InChI=1S/C48H37N3/c1-32-14-13-21-38-31-44(42-22-11-12-23-43(42)45(32)38)40-28-39(35-26-24-34(25-27-35)33-15-5-2-6-16-33)29-41(30-40)48-50-46(36-17-7-3-8-18-36)49-47(51-48)37-19-9-4-10-20-37/h2-9,11-13,15-19,21-32H,10,14,20H2,1H3/t32-/m0/s1. The van der Waals surface area contributed by atoms with Gasteiger partial charge < -0.3 is 0 Å². The van der Waals surface area contributed by atoms with Crippen LogP contribution in [0, 0.1) is 0 Å². The van der Waals surface area contributed by atoms with Crippen LogP contribution in [-0.2, 0) is 0 Å². The second kappa shape index (κ2) is 13.3. The van der Waals surface area contributed by atoms with Gasteiger partial charge in [0, 0.05) is 11.1 Å². The maximum Gasteiger partial charge on any atom is 0.164 e. The maximum atomic E-state index is 5.18. The first-order chi connectivity index (χ1) is 25.2. The summed E-state index contributed by atoms with van der Waals surface area (Å²) in [7, 11) is 0. The van der Waals surface area contributed by atoms with Gasteiger partial charge in [-0.2, -0.15) is 0 Å². The Bertz CT molecular complexity index is 2490. The number of hydrogen-bond acceptors (Lipinski definition) is 3. The molecule has 3 heteroatoms. The van der Waals surface area contributed by atoms with E-state index >= 15 is 0 Å². The van der Waals surface area contributed by atoms with E-state index in [4.69, 9.17) is 15.0 Å². The van der Waals surface area contributed by atoms with E-state index in [2.05, 4.69) is 153 Å². The van der Waals surface area contributed by atoms with Crippen LogP contribution < -0.4 is 0 Å². The minimum absolute atomic E-state index is 0.470. The summed E-state index contributed by atoms with van der Waals surface area (Å²) in [5, 5.41) is 2.59. The molecule has 51 heavy (non-hydrogen) atoms. The van der Waals surface area contributed by atoms with Gasteiger partial charge in [0.05, 0.1) is 0 Å². The van der Waals surface area contributed by atoms with Crippen LogP contribution in [0.25, 0.3) is 78.6 Å². The van der Waals surface area contributed by atoms with Gasteiger partial charge in [-0.3, -0.25) is 0 Å². The van der Waals surface area contributed by atoms with Gasteiger partial charge in [0.15, 0.2) is 17.5 Å². The molecule has 0 saturated heterocycles. The molecule has 0 unspecified atom stereocenters. The minimum atomic E-state index is 0.470. The third kappa shape index (κ3) is 6.02. The van der Waals surface area contributed by atoms with Crippen LogP contribution in [-0.4, -0.2) is 15.0 Å². The molecule has 0 N–H and O–H groups in total. The van der Waals surface area contributed by atoms with Crippen LogP contribution in [0.5, 0.6) is 0 Å². The highest BCUT2D eigenvalue weighted by molar-refractivity contribution is 6.02. The number of nitrogens with zero attached hydrogens (tertiary/aromatic N) is 3. The molecule has 0 amide bonds. The molecule has 0 spiro atoms. The summed E-state index contributed by atoms with van der Waals surface area (Å²) >= 11 is 0. The SMILES string of the molecule is C[C@H]1CC=Cc2cc(-c3cc(-c4ccc(-c5ccccc5)cc4)cc(-c4nc(C5=CC=CCC5)nc(-c5ccccc5)n4)c3)c3ccccc3c21. The van der Waals surface area contributed by atoms with Crippen molar-refractivity contribution in [2.45, 2.75) is 32.1 Å². The summed E-state index contributed by atoms with van der Waals surface area (Å²) in [6.45, 7) is 2.34. The van der Waals surface area contributed by atoms with Gasteiger partial charge in [-0.05, 0) is 110 Å². The van der Waals surface area contributed by atoms with E-state index in [1.807, 2.05) is 18.2 Å². The van der Waals surface area contributed by atoms with Crippen LogP contribution in [0.2, 0.25) is 0 Å². The zero-order valence-electron chi connectivity index (χ0n) is 28.6.